The predicted molar refractivity (Wildman–Crippen MR) is 67.0 cm³/mol. The number of hydrogen-bond donors (Lipinski definition) is 2. The largest absolute Gasteiger partial charge is 0.479 e. The van der Waals surface area contributed by atoms with Crippen LogP contribution in [0.4, 0.5) is 5.69 Å². The molecule has 0 aliphatic rings. The predicted octanol–water partition coefficient (Wildman–Crippen LogP) is 1.93. The number of ether oxygens (including phenoxy) is 1. The third kappa shape index (κ3) is 3.67. The van der Waals surface area contributed by atoms with Gasteiger partial charge in [0.15, 0.2) is 11.9 Å². The molecule has 0 aromatic heterocycles. The summed E-state index contributed by atoms with van der Waals surface area (Å²) >= 11 is 0. The molecule has 2 N–H and O–H groups in total. The number of hydrogen-bond acceptors (Lipinski definition) is 5. The van der Waals surface area contributed by atoms with E-state index in [9.17, 15) is 19.7 Å². The van der Waals surface area contributed by atoms with Crippen LogP contribution in [0.5, 0.6) is 5.75 Å². The Kier molecular flexibility index (Phi) is 5.01. The fourth-order valence-corrected chi connectivity index (χ4v) is 1.54. The van der Waals surface area contributed by atoms with Crippen LogP contribution >= 0.6 is 0 Å². The van der Waals surface area contributed by atoms with E-state index in [1.807, 2.05) is 0 Å². The van der Waals surface area contributed by atoms with Gasteiger partial charge < -0.3 is 14.9 Å². The molecule has 0 aliphatic heterocycles. The number of nitrogens with zero attached hydrogens (tertiary/aromatic N) is 1. The van der Waals surface area contributed by atoms with E-state index in [4.69, 9.17) is 14.9 Å². The molecule has 1 unspecified atom stereocenters. The average molecular weight is 283 g/mol. The van der Waals surface area contributed by atoms with Crippen LogP contribution in [0, 0.1) is 10.1 Å². The van der Waals surface area contributed by atoms with Crippen molar-refractivity contribution in [3.05, 3.63) is 33.9 Å². The van der Waals surface area contributed by atoms with Crippen molar-refractivity contribution < 1.29 is 29.5 Å². The molecule has 1 atom stereocenters. The lowest BCUT2D eigenvalue weighted by molar-refractivity contribution is -0.386. The minimum Gasteiger partial charge on any atom is -0.479 e. The van der Waals surface area contributed by atoms with Crippen LogP contribution in [0.2, 0.25) is 0 Å². The number of nitro benzene ring substituents is 1. The highest BCUT2D eigenvalue weighted by Gasteiger charge is 2.24. The topological polar surface area (TPSA) is 127 Å². The van der Waals surface area contributed by atoms with Gasteiger partial charge in [0.25, 0.3) is 0 Å². The monoisotopic (exact) mass is 283 g/mol. The van der Waals surface area contributed by atoms with Crippen LogP contribution in [0.1, 0.15) is 30.1 Å². The Morgan fingerprint density at radius 1 is 1.40 bits per heavy atom. The van der Waals surface area contributed by atoms with Crippen molar-refractivity contribution in [2.75, 3.05) is 0 Å². The molecule has 1 aromatic rings. The highest BCUT2D eigenvalue weighted by Crippen LogP contribution is 2.29. The molecule has 108 valence electrons. The smallest absolute Gasteiger partial charge is 0.344 e. The van der Waals surface area contributed by atoms with Crippen LogP contribution in [0.15, 0.2) is 18.2 Å². The van der Waals surface area contributed by atoms with Crippen molar-refractivity contribution in [2.45, 2.75) is 25.9 Å². The Morgan fingerprint density at radius 2 is 2.05 bits per heavy atom. The molecule has 0 bridgehead atoms. The summed E-state index contributed by atoms with van der Waals surface area (Å²) in [5.74, 6) is -2.81. The van der Waals surface area contributed by atoms with Crippen LogP contribution in [0.3, 0.4) is 0 Å². The number of benzene rings is 1. The lowest BCUT2D eigenvalue weighted by Crippen LogP contribution is -2.27. The first-order chi connectivity index (χ1) is 9.36. The number of carbonyl (C=O) groups is 2. The van der Waals surface area contributed by atoms with Gasteiger partial charge in [-0.2, -0.15) is 0 Å². The van der Waals surface area contributed by atoms with Crippen molar-refractivity contribution >= 4 is 17.6 Å². The highest BCUT2D eigenvalue weighted by molar-refractivity contribution is 5.89. The van der Waals surface area contributed by atoms with E-state index < -0.39 is 28.7 Å². The normalized spacial score (nSPS) is 11.7. The Hall–Kier alpha value is -2.64. The van der Waals surface area contributed by atoms with Gasteiger partial charge >= 0.3 is 17.6 Å². The minimum absolute atomic E-state index is 0.188. The van der Waals surface area contributed by atoms with Crippen LogP contribution in [-0.2, 0) is 4.79 Å². The second kappa shape index (κ2) is 6.50. The Labute approximate surface area is 113 Å². The van der Waals surface area contributed by atoms with Crippen LogP contribution in [-0.4, -0.2) is 33.2 Å². The summed E-state index contributed by atoms with van der Waals surface area (Å²) in [4.78, 5) is 31.8. The molecule has 0 spiro atoms. The number of aromatic carboxylic acids is 1. The number of rotatable bonds is 7. The molecule has 0 fully saturated rings. The molecule has 8 heteroatoms. The zero-order chi connectivity index (χ0) is 15.3. The van der Waals surface area contributed by atoms with Crippen molar-refractivity contribution in [1.29, 1.82) is 0 Å². The van der Waals surface area contributed by atoms with E-state index in [2.05, 4.69) is 0 Å². The van der Waals surface area contributed by atoms with Gasteiger partial charge in [-0.1, -0.05) is 13.3 Å². The summed E-state index contributed by atoms with van der Waals surface area (Å²) in [7, 11) is 0. The summed E-state index contributed by atoms with van der Waals surface area (Å²) in [6, 6.07) is 3.05. The molecule has 1 aromatic carbocycles. The summed E-state index contributed by atoms with van der Waals surface area (Å²) in [6.45, 7) is 1.75. The van der Waals surface area contributed by atoms with Gasteiger partial charge in [-0.05, 0) is 18.6 Å². The molecule has 0 saturated carbocycles. The van der Waals surface area contributed by atoms with Gasteiger partial charge in [-0.3, -0.25) is 10.1 Å². The molecule has 0 radical (unpaired) electrons. The average Bonchev–Trinajstić information content (AvgIpc) is 2.37. The van der Waals surface area contributed by atoms with E-state index in [1.54, 1.807) is 6.92 Å². The Bertz CT molecular complexity index is 541. The quantitative estimate of drug-likeness (QED) is 0.578. The number of aliphatic carboxylic acids is 1. The summed E-state index contributed by atoms with van der Waals surface area (Å²) < 4.78 is 5.11. The molecule has 0 aliphatic carbocycles. The third-order valence-corrected chi connectivity index (χ3v) is 2.50. The number of nitro groups is 1. The van der Waals surface area contributed by atoms with Gasteiger partial charge in [-0.15, -0.1) is 0 Å². The molecule has 0 saturated heterocycles. The van der Waals surface area contributed by atoms with Gasteiger partial charge in [0.1, 0.15) is 0 Å². The molecule has 20 heavy (non-hydrogen) atoms. The van der Waals surface area contributed by atoms with Crippen LogP contribution < -0.4 is 4.74 Å². The second-order valence-corrected chi connectivity index (χ2v) is 3.98. The maximum Gasteiger partial charge on any atom is 0.344 e. The minimum atomic E-state index is -1.32. The molecule has 8 nitrogen and oxygen atoms in total. The highest BCUT2D eigenvalue weighted by atomic mass is 16.6. The molecule has 1 rings (SSSR count). The molecule has 0 heterocycles. The SMILES string of the molecule is CCCC(Oc1ccc(C(=O)O)cc1[N+](=O)[O-])C(=O)O. The summed E-state index contributed by atoms with van der Waals surface area (Å²) in [5.41, 5.74) is -0.848. The third-order valence-electron chi connectivity index (χ3n) is 2.50. The summed E-state index contributed by atoms with van der Waals surface area (Å²) in [5, 5.41) is 28.6. The summed E-state index contributed by atoms with van der Waals surface area (Å²) in [6.07, 6.45) is -0.500. The Morgan fingerprint density at radius 3 is 2.50 bits per heavy atom. The zero-order valence-corrected chi connectivity index (χ0v) is 10.6. The first-order valence-corrected chi connectivity index (χ1v) is 5.78. The van der Waals surface area contributed by atoms with E-state index in [0.29, 0.717) is 6.42 Å². The van der Waals surface area contributed by atoms with Crippen molar-refractivity contribution in [3.8, 4) is 5.75 Å². The van der Waals surface area contributed by atoms with E-state index in [1.165, 1.54) is 0 Å². The Balaban J connectivity index is 3.13. The van der Waals surface area contributed by atoms with Gasteiger partial charge in [0.05, 0.1) is 10.5 Å². The second-order valence-electron chi connectivity index (χ2n) is 3.98. The van der Waals surface area contributed by atoms with Crippen molar-refractivity contribution in [2.24, 2.45) is 0 Å². The zero-order valence-electron chi connectivity index (χ0n) is 10.6. The molecular formula is C12H13NO7. The number of carboxylic acids is 2. The first kappa shape index (κ1) is 15.4. The molecular weight excluding hydrogens is 270 g/mol. The first-order valence-electron chi connectivity index (χ1n) is 5.78. The van der Waals surface area contributed by atoms with Gasteiger partial charge in [-0.25, -0.2) is 9.59 Å². The van der Waals surface area contributed by atoms with Gasteiger partial charge in [0.2, 0.25) is 0 Å². The van der Waals surface area contributed by atoms with E-state index >= 15 is 0 Å². The maximum absolute atomic E-state index is 11.0. The molecule has 0 amide bonds. The fraction of sp³-hybridized carbons (Fsp3) is 0.333. The van der Waals surface area contributed by atoms with Crippen molar-refractivity contribution in [1.82, 2.24) is 0 Å². The maximum atomic E-state index is 11.0. The van der Waals surface area contributed by atoms with Crippen LogP contribution in [0.25, 0.3) is 0 Å². The van der Waals surface area contributed by atoms with E-state index in [-0.39, 0.29) is 17.7 Å². The standard InChI is InChI=1S/C12H13NO7/c1-2-3-10(12(16)17)20-9-5-4-7(11(14)15)6-8(9)13(18)19/h4-6,10H,2-3H2,1H3,(H,14,15)(H,16,17). The van der Waals surface area contributed by atoms with Gasteiger partial charge in [0, 0.05) is 6.07 Å². The van der Waals surface area contributed by atoms with Crippen molar-refractivity contribution in [3.63, 3.8) is 0 Å². The lowest BCUT2D eigenvalue weighted by Gasteiger charge is -2.14. The van der Waals surface area contributed by atoms with E-state index in [0.717, 1.165) is 18.2 Å². The fourth-order valence-electron chi connectivity index (χ4n) is 1.54. The number of carboxylic acid groups (broad SMARTS) is 2. The lowest BCUT2D eigenvalue weighted by atomic mass is 10.1.